The first-order valence-electron chi connectivity index (χ1n) is 8.99. The van der Waals surface area contributed by atoms with Gasteiger partial charge in [0.25, 0.3) is 0 Å². The number of pyridine rings is 2. The summed E-state index contributed by atoms with van der Waals surface area (Å²) in [5.41, 5.74) is -3.83. The molecule has 2 aromatic heterocycles. The standard InChI is InChI=1S/C11H8ClNO.C10H5ClF3NO3S/c1-7(14)9-4-5-13-11-6-8(12)2-3-10(9)11;11-6-1-2-7-8(5-6)15-4-3-9(7)18-19(16,17)10(12,13)14/h2-6H,1H3;1-5H. The first-order chi connectivity index (χ1) is 15.4. The molecule has 0 saturated carbocycles. The third-order valence-corrected chi connectivity index (χ3v) is 5.67. The van der Waals surface area contributed by atoms with Crippen molar-refractivity contribution < 1.29 is 30.6 Å². The Bertz CT molecular complexity index is 1460. The highest BCUT2D eigenvalue weighted by Crippen LogP contribution is 2.31. The summed E-state index contributed by atoms with van der Waals surface area (Å²) in [5.74, 6) is -0.418. The molecule has 172 valence electrons. The topological polar surface area (TPSA) is 86.2 Å². The van der Waals surface area contributed by atoms with Gasteiger partial charge in [0.1, 0.15) is 0 Å². The first kappa shape index (κ1) is 24.7. The maximum atomic E-state index is 12.2. The summed E-state index contributed by atoms with van der Waals surface area (Å²) in [6.45, 7) is 1.55. The van der Waals surface area contributed by atoms with Gasteiger partial charge in [0.05, 0.1) is 11.0 Å². The fourth-order valence-corrected chi connectivity index (χ4v) is 3.57. The monoisotopic (exact) mass is 516 g/mol. The van der Waals surface area contributed by atoms with Crippen molar-refractivity contribution >= 4 is 60.9 Å². The third-order valence-electron chi connectivity index (χ3n) is 4.23. The van der Waals surface area contributed by atoms with Crippen LogP contribution in [0.1, 0.15) is 17.3 Å². The molecule has 0 amide bonds. The molecule has 2 aromatic carbocycles. The molecule has 4 aromatic rings. The zero-order valence-corrected chi connectivity index (χ0v) is 18.9. The van der Waals surface area contributed by atoms with E-state index in [1.165, 1.54) is 18.2 Å². The predicted octanol–water partition coefficient (Wildman–Crippen LogP) is 6.21. The van der Waals surface area contributed by atoms with E-state index in [0.29, 0.717) is 15.6 Å². The molecule has 0 unspecified atom stereocenters. The Labute approximate surface area is 196 Å². The van der Waals surface area contributed by atoms with E-state index in [1.807, 2.05) is 6.07 Å². The number of carbonyl (C=O) groups is 1. The summed E-state index contributed by atoms with van der Waals surface area (Å²) in [6, 6.07) is 12.2. The van der Waals surface area contributed by atoms with Crippen LogP contribution in [0.25, 0.3) is 21.8 Å². The van der Waals surface area contributed by atoms with Gasteiger partial charge < -0.3 is 4.18 Å². The quantitative estimate of drug-likeness (QED) is 0.183. The lowest BCUT2D eigenvalue weighted by molar-refractivity contribution is -0.0499. The summed E-state index contributed by atoms with van der Waals surface area (Å²) >= 11 is 11.5. The second-order valence-electron chi connectivity index (χ2n) is 6.53. The molecular formula is C21H13Cl2F3N2O4S. The van der Waals surface area contributed by atoms with E-state index >= 15 is 0 Å². The van der Waals surface area contributed by atoms with Crippen molar-refractivity contribution in [3.63, 3.8) is 0 Å². The lowest BCUT2D eigenvalue weighted by Crippen LogP contribution is -2.28. The number of Topliss-reactive ketones (excluding diaryl/α,β-unsaturated/α-hetero) is 1. The molecule has 33 heavy (non-hydrogen) atoms. The minimum atomic E-state index is -5.71. The van der Waals surface area contributed by atoms with Crippen molar-refractivity contribution in [2.75, 3.05) is 0 Å². The lowest BCUT2D eigenvalue weighted by Gasteiger charge is -2.11. The number of hydrogen-bond acceptors (Lipinski definition) is 6. The Hall–Kier alpha value is -2.95. The minimum Gasteiger partial charge on any atom is -0.375 e. The lowest BCUT2D eigenvalue weighted by atomic mass is 10.1. The molecule has 0 bridgehead atoms. The number of ketones is 1. The summed E-state index contributed by atoms with van der Waals surface area (Å²) in [7, 11) is -5.71. The van der Waals surface area contributed by atoms with E-state index < -0.39 is 21.4 Å². The highest BCUT2D eigenvalue weighted by Gasteiger charge is 2.48. The number of rotatable bonds is 3. The van der Waals surface area contributed by atoms with Gasteiger partial charge in [-0.25, -0.2) is 0 Å². The number of fused-ring (bicyclic) bond motifs is 2. The number of aromatic nitrogens is 2. The molecule has 0 fully saturated rings. The molecule has 6 nitrogen and oxygen atoms in total. The summed E-state index contributed by atoms with van der Waals surface area (Å²) < 4.78 is 62.7. The van der Waals surface area contributed by atoms with E-state index in [0.717, 1.165) is 23.2 Å². The van der Waals surface area contributed by atoms with Gasteiger partial charge in [0.15, 0.2) is 11.5 Å². The van der Waals surface area contributed by atoms with Gasteiger partial charge >= 0.3 is 15.6 Å². The maximum absolute atomic E-state index is 12.2. The third kappa shape index (κ3) is 5.70. The van der Waals surface area contributed by atoms with Crippen molar-refractivity contribution in [1.29, 1.82) is 0 Å². The number of nitrogens with zero attached hydrogens (tertiary/aromatic N) is 2. The fourth-order valence-electron chi connectivity index (χ4n) is 2.76. The Balaban J connectivity index is 0.000000194. The highest BCUT2D eigenvalue weighted by molar-refractivity contribution is 7.88. The van der Waals surface area contributed by atoms with Gasteiger partial charge in [-0.15, -0.1) is 0 Å². The van der Waals surface area contributed by atoms with Gasteiger partial charge in [0.2, 0.25) is 0 Å². The average molecular weight is 517 g/mol. The SMILES string of the molecule is CC(=O)c1ccnc2cc(Cl)ccc12.O=S(=O)(Oc1ccnc2cc(Cl)ccc12)C(F)(F)F. The van der Waals surface area contributed by atoms with Crippen molar-refractivity contribution in [1.82, 2.24) is 9.97 Å². The number of alkyl halides is 3. The Morgan fingerprint density at radius 3 is 1.94 bits per heavy atom. The molecule has 4 rings (SSSR count). The van der Waals surface area contributed by atoms with Gasteiger partial charge in [-0.05, 0) is 43.3 Å². The van der Waals surface area contributed by atoms with Gasteiger partial charge in [-0.2, -0.15) is 21.6 Å². The number of benzene rings is 2. The van der Waals surface area contributed by atoms with E-state index in [-0.39, 0.29) is 16.7 Å². The predicted molar refractivity (Wildman–Crippen MR) is 119 cm³/mol. The van der Waals surface area contributed by atoms with Crippen molar-refractivity contribution in [2.45, 2.75) is 12.4 Å². The first-order valence-corrected chi connectivity index (χ1v) is 11.2. The summed E-state index contributed by atoms with van der Waals surface area (Å²) in [6.07, 6.45) is 2.75. The van der Waals surface area contributed by atoms with Crippen LogP contribution in [0.5, 0.6) is 5.75 Å². The molecule has 0 saturated heterocycles. The summed E-state index contributed by atoms with van der Waals surface area (Å²) in [4.78, 5) is 19.3. The molecule has 12 heteroatoms. The molecule has 0 atom stereocenters. The van der Waals surface area contributed by atoms with Crippen LogP contribution in [0.3, 0.4) is 0 Å². The van der Waals surface area contributed by atoms with Crippen LogP contribution in [0.2, 0.25) is 10.0 Å². The van der Waals surface area contributed by atoms with E-state index in [2.05, 4.69) is 14.2 Å². The maximum Gasteiger partial charge on any atom is 0.534 e. The van der Waals surface area contributed by atoms with Crippen LogP contribution < -0.4 is 4.18 Å². The largest absolute Gasteiger partial charge is 0.534 e. The van der Waals surface area contributed by atoms with E-state index in [4.69, 9.17) is 23.2 Å². The van der Waals surface area contributed by atoms with Crippen LogP contribution in [-0.2, 0) is 10.1 Å². The Morgan fingerprint density at radius 2 is 1.39 bits per heavy atom. The van der Waals surface area contributed by atoms with Crippen LogP contribution in [0.4, 0.5) is 13.2 Å². The molecule has 0 aliphatic heterocycles. The molecule has 2 heterocycles. The molecule has 0 spiro atoms. The van der Waals surface area contributed by atoms with Crippen molar-refractivity contribution in [3.8, 4) is 5.75 Å². The second kappa shape index (κ2) is 9.50. The van der Waals surface area contributed by atoms with Crippen molar-refractivity contribution in [3.05, 3.63) is 76.5 Å². The number of hydrogen-bond donors (Lipinski definition) is 0. The highest BCUT2D eigenvalue weighted by atomic mass is 35.5. The molecule has 0 aliphatic carbocycles. The number of halogens is 5. The van der Waals surface area contributed by atoms with Crippen molar-refractivity contribution in [2.24, 2.45) is 0 Å². The van der Waals surface area contributed by atoms with E-state index in [9.17, 15) is 26.4 Å². The van der Waals surface area contributed by atoms with Crippen LogP contribution in [0.15, 0.2) is 60.9 Å². The smallest absolute Gasteiger partial charge is 0.375 e. The van der Waals surface area contributed by atoms with Crippen LogP contribution in [-0.4, -0.2) is 29.7 Å². The summed E-state index contributed by atoms with van der Waals surface area (Å²) in [5, 5.41) is 1.91. The average Bonchev–Trinajstić information content (AvgIpc) is 2.72. The Kier molecular flexibility index (Phi) is 7.11. The van der Waals surface area contributed by atoms with Gasteiger partial charge in [-0.3, -0.25) is 14.8 Å². The van der Waals surface area contributed by atoms with Crippen LogP contribution in [0, 0.1) is 0 Å². The normalized spacial score (nSPS) is 11.7. The molecule has 0 aliphatic rings. The van der Waals surface area contributed by atoms with Crippen LogP contribution >= 0.6 is 23.2 Å². The van der Waals surface area contributed by atoms with Gasteiger partial charge in [-0.1, -0.05) is 29.3 Å². The number of carbonyl (C=O) groups excluding carboxylic acids is 1. The molecule has 0 radical (unpaired) electrons. The zero-order chi connectivity index (χ0) is 24.4. The molecule has 0 N–H and O–H groups in total. The van der Waals surface area contributed by atoms with Gasteiger partial charge in [0, 0.05) is 44.8 Å². The zero-order valence-electron chi connectivity index (χ0n) is 16.6. The molecular weight excluding hydrogens is 504 g/mol. The van der Waals surface area contributed by atoms with E-state index in [1.54, 1.807) is 31.3 Å². The minimum absolute atomic E-state index is 0.0414. The fraction of sp³-hybridized carbons (Fsp3) is 0.0952. The second-order valence-corrected chi connectivity index (χ2v) is 8.94. The Morgan fingerprint density at radius 1 is 0.879 bits per heavy atom.